The van der Waals surface area contributed by atoms with Gasteiger partial charge in [-0.05, 0) is 42.3 Å². The van der Waals surface area contributed by atoms with Gasteiger partial charge in [0.1, 0.15) is 5.78 Å². The Balaban J connectivity index is 3.20. The van der Waals surface area contributed by atoms with Crippen LogP contribution < -0.4 is 0 Å². The van der Waals surface area contributed by atoms with Gasteiger partial charge in [-0.3, -0.25) is 9.59 Å². The Labute approximate surface area is 109 Å². The second kappa shape index (κ2) is 5.23. The predicted octanol–water partition coefficient (Wildman–Crippen LogP) is 3.85. The van der Waals surface area contributed by atoms with Crippen LogP contribution in [0.1, 0.15) is 27.7 Å². The summed E-state index contributed by atoms with van der Waals surface area (Å²) in [5.41, 5.74) is 1.08. The monoisotopic (exact) mass is 352 g/mol. The van der Waals surface area contributed by atoms with E-state index in [-0.39, 0.29) is 5.78 Å². The fraction of sp³-hybridized carbons (Fsp3) is 0.200. The van der Waals surface area contributed by atoms with E-state index in [9.17, 15) is 9.59 Å². The van der Waals surface area contributed by atoms with E-state index in [0.29, 0.717) is 11.1 Å². The molecular weight excluding hydrogens is 347 g/mol. The number of hydrogen-bond acceptors (Lipinski definition) is 2. The highest BCUT2D eigenvalue weighted by Gasteiger charge is 2.15. The molecule has 0 N–H and O–H groups in total. The lowest BCUT2D eigenvalue weighted by Crippen LogP contribution is -2.02. The number of hydrogen-bond donors (Lipinski definition) is 0. The molecule has 1 aromatic carbocycles. The van der Waals surface area contributed by atoms with E-state index in [1.165, 1.54) is 6.92 Å². The Morgan fingerprint density at radius 2 is 1.93 bits per heavy atom. The summed E-state index contributed by atoms with van der Waals surface area (Å²) in [5, 5.41) is -0.541. The second-order valence-corrected chi connectivity index (χ2v) is 5.19. The van der Waals surface area contributed by atoms with Crippen molar-refractivity contribution in [3.05, 3.63) is 33.8 Å². The third-order valence-electron chi connectivity index (χ3n) is 1.80. The van der Waals surface area contributed by atoms with Crippen molar-refractivity contribution < 1.29 is 9.59 Å². The smallest absolute Gasteiger partial charge is 0.252 e. The summed E-state index contributed by atoms with van der Waals surface area (Å²) in [7, 11) is 0. The van der Waals surface area contributed by atoms with Crippen LogP contribution in [0.2, 0.25) is 0 Å². The van der Waals surface area contributed by atoms with Gasteiger partial charge < -0.3 is 0 Å². The molecule has 0 radical (unpaired) electrons. The van der Waals surface area contributed by atoms with Crippen LogP contribution >= 0.6 is 43.5 Å². The first-order valence-electron chi connectivity index (χ1n) is 4.06. The topological polar surface area (TPSA) is 34.1 Å². The van der Waals surface area contributed by atoms with Crippen molar-refractivity contribution in [2.75, 3.05) is 0 Å². The second-order valence-electron chi connectivity index (χ2n) is 3.02. The Morgan fingerprint density at radius 3 is 2.40 bits per heavy atom. The number of carbonyl (C=O) groups is 2. The maximum atomic E-state index is 11.2. The summed E-state index contributed by atoms with van der Waals surface area (Å²) in [6.45, 7) is 1.47. The van der Waals surface area contributed by atoms with Crippen LogP contribution in [0.5, 0.6) is 0 Å². The zero-order chi connectivity index (χ0) is 11.6. The van der Waals surface area contributed by atoms with E-state index in [1.807, 2.05) is 0 Å². The standard InChI is InChI=1S/C10H7Br2ClO2/c1-5(14)9(12)6-2-7(10(13)15)4-8(11)3-6/h2-4,9H,1H3. The van der Waals surface area contributed by atoms with Gasteiger partial charge in [-0.25, -0.2) is 0 Å². The molecule has 0 bridgehead atoms. The summed E-state index contributed by atoms with van der Waals surface area (Å²) in [6.07, 6.45) is 0. The maximum absolute atomic E-state index is 11.2. The number of alkyl halides is 1. The third-order valence-corrected chi connectivity index (χ3v) is 3.65. The lowest BCUT2D eigenvalue weighted by molar-refractivity contribution is -0.116. The molecule has 2 nitrogen and oxygen atoms in total. The Bertz CT molecular complexity index is 418. The Morgan fingerprint density at radius 1 is 1.33 bits per heavy atom. The summed E-state index contributed by atoms with van der Waals surface area (Å²) in [5.74, 6) is -0.0268. The van der Waals surface area contributed by atoms with E-state index in [0.717, 1.165) is 4.47 Å². The van der Waals surface area contributed by atoms with Crippen molar-refractivity contribution in [2.45, 2.75) is 11.8 Å². The molecule has 1 rings (SSSR count). The molecule has 0 saturated heterocycles. The van der Waals surface area contributed by atoms with Crippen LogP contribution in [-0.4, -0.2) is 11.0 Å². The summed E-state index contributed by atoms with van der Waals surface area (Å²) in [4.78, 5) is 21.7. The van der Waals surface area contributed by atoms with Gasteiger partial charge in [-0.1, -0.05) is 31.9 Å². The minimum absolute atomic E-state index is 0.0268. The normalized spacial score (nSPS) is 12.3. The molecule has 15 heavy (non-hydrogen) atoms. The van der Waals surface area contributed by atoms with Gasteiger partial charge >= 0.3 is 0 Å². The molecule has 0 aromatic heterocycles. The van der Waals surface area contributed by atoms with E-state index >= 15 is 0 Å². The highest BCUT2D eigenvalue weighted by atomic mass is 79.9. The lowest BCUT2D eigenvalue weighted by Gasteiger charge is -2.08. The zero-order valence-electron chi connectivity index (χ0n) is 7.76. The fourth-order valence-corrected chi connectivity index (χ4v) is 1.99. The van der Waals surface area contributed by atoms with Crippen molar-refractivity contribution in [3.8, 4) is 0 Å². The van der Waals surface area contributed by atoms with Gasteiger partial charge in [0.05, 0.1) is 4.83 Å². The van der Waals surface area contributed by atoms with E-state index in [4.69, 9.17) is 11.6 Å². The van der Waals surface area contributed by atoms with Crippen LogP contribution in [-0.2, 0) is 4.79 Å². The molecule has 0 aliphatic heterocycles. The molecule has 0 spiro atoms. The van der Waals surface area contributed by atoms with Gasteiger partial charge in [-0.2, -0.15) is 0 Å². The number of halogens is 3. The molecule has 0 fully saturated rings. The molecule has 0 aliphatic rings. The van der Waals surface area contributed by atoms with E-state index in [1.54, 1.807) is 18.2 Å². The van der Waals surface area contributed by atoms with Crippen molar-refractivity contribution in [3.63, 3.8) is 0 Å². The SMILES string of the molecule is CC(=O)C(Br)c1cc(Br)cc(C(=O)Cl)c1. The molecule has 0 amide bonds. The summed E-state index contributed by atoms with van der Waals surface area (Å²) < 4.78 is 0.717. The first-order valence-corrected chi connectivity index (χ1v) is 6.15. The molecule has 1 unspecified atom stereocenters. The number of ketones is 1. The summed E-state index contributed by atoms with van der Waals surface area (Å²) >= 11 is 11.9. The van der Waals surface area contributed by atoms with Gasteiger partial charge in [-0.15, -0.1) is 0 Å². The highest BCUT2D eigenvalue weighted by Crippen LogP contribution is 2.28. The minimum atomic E-state index is -0.541. The number of Topliss-reactive ketones (excluding diaryl/α,β-unsaturated/α-hetero) is 1. The molecule has 80 valence electrons. The Kier molecular flexibility index (Phi) is 4.49. The molecule has 0 aliphatic carbocycles. The largest absolute Gasteiger partial charge is 0.298 e. The van der Waals surface area contributed by atoms with Crippen molar-refractivity contribution in [2.24, 2.45) is 0 Å². The highest BCUT2D eigenvalue weighted by molar-refractivity contribution is 9.10. The van der Waals surface area contributed by atoms with Crippen LogP contribution in [0.25, 0.3) is 0 Å². The minimum Gasteiger partial charge on any atom is -0.298 e. The van der Waals surface area contributed by atoms with Crippen molar-refractivity contribution >= 4 is 54.5 Å². The summed E-state index contributed by atoms with van der Waals surface area (Å²) in [6, 6.07) is 4.98. The van der Waals surface area contributed by atoms with Crippen LogP contribution in [0.3, 0.4) is 0 Å². The Hall–Kier alpha value is -0.190. The van der Waals surface area contributed by atoms with Crippen molar-refractivity contribution in [1.29, 1.82) is 0 Å². The maximum Gasteiger partial charge on any atom is 0.252 e. The first-order chi connectivity index (χ1) is 6.91. The fourth-order valence-electron chi connectivity index (χ4n) is 1.11. The van der Waals surface area contributed by atoms with E-state index < -0.39 is 10.1 Å². The molecule has 0 heterocycles. The van der Waals surface area contributed by atoms with Crippen LogP contribution in [0.15, 0.2) is 22.7 Å². The number of rotatable bonds is 3. The van der Waals surface area contributed by atoms with Crippen LogP contribution in [0, 0.1) is 0 Å². The molecule has 0 saturated carbocycles. The average Bonchev–Trinajstić information content (AvgIpc) is 2.15. The van der Waals surface area contributed by atoms with Gasteiger partial charge in [0.2, 0.25) is 0 Å². The molecule has 5 heteroatoms. The zero-order valence-corrected chi connectivity index (χ0v) is 11.7. The van der Waals surface area contributed by atoms with E-state index in [2.05, 4.69) is 31.9 Å². The van der Waals surface area contributed by atoms with Gasteiger partial charge in [0, 0.05) is 10.0 Å². The molecule has 1 aromatic rings. The predicted molar refractivity (Wildman–Crippen MR) is 66.7 cm³/mol. The molecular formula is C10H7Br2ClO2. The van der Waals surface area contributed by atoms with Crippen LogP contribution in [0.4, 0.5) is 0 Å². The third kappa shape index (κ3) is 3.40. The quantitative estimate of drug-likeness (QED) is 0.610. The van der Waals surface area contributed by atoms with Gasteiger partial charge in [0.25, 0.3) is 5.24 Å². The van der Waals surface area contributed by atoms with Gasteiger partial charge in [0.15, 0.2) is 0 Å². The number of benzene rings is 1. The average molecular weight is 354 g/mol. The molecule has 1 atom stereocenters. The lowest BCUT2D eigenvalue weighted by atomic mass is 10.1. The van der Waals surface area contributed by atoms with Crippen molar-refractivity contribution in [1.82, 2.24) is 0 Å². The first kappa shape index (κ1) is 12.9. The number of carbonyl (C=O) groups excluding carboxylic acids is 2.